The molecule has 2 aromatic rings. The number of nitriles is 1. The summed E-state index contributed by atoms with van der Waals surface area (Å²) in [6, 6.07) is 2.01. The van der Waals surface area contributed by atoms with Crippen LogP contribution in [0.4, 0.5) is 11.6 Å². The molecule has 8 heteroatoms. The summed E-state index contributed by atoms with van der Waals surface area (Å²) in [5.74, 6) is 0.492. The van der Waals surface area contributed by atoms with Gasteiger partial charge in [-0.15, -0.1) is 0 Å². The van der Waals surface area contributed by atoms with Gasteiger partial charge < -0.3 is 20.9 Å². The third-order valence-corrected chi connectivity index (χ3v) is 2.67. The number of hydrogen-bond acceptors (Lipinski definition) is 7. The molecule has 0 atom stereocenters. The Kier molecular flexibility index (Phi) is 3.79. The molecule has 2 rings (SSSR count). The van der Waals surface area contributed by atoms with Gasteiger partial charge in [-0.1, -0.05) is 0 Å². The second-order valence-corrected chi connectivity index (χ2v) is 3.79. The Morgan fingerprint density at radius 3 is 2.84 bits per heavy atom. The molecule has 0 spiro atoms. The maximum absolute atomic E-state index is 9.15. The van der Waals surface area contributed by atoms with Crippen molar-refractivity contribution in [2.45, 2.75) is 6.73 Å². The number of nitrogens with two attached hydrogens (primary N) is 2. The molecule has 0 aliphatic carbocycles. The van der Waals surface area contributed by atoms with Crippen molar-refractivity contribution in [3.8, 4) is 6.07 Å². The molecule has 0 amide bonds. The van der Waals surface area contributed by atoms with Crippen LogP contribution in [0, 0.1) is 11.3 Å². The van der Waals surface area contributed by atoms with Gasteiger partial charge in [0.2, 0.25) is 0 Å². The van der Waals surface area contributed by atoms with Gasteiger partial charge in [0, 0.05) is 7.11 Å². The summed E-state index contributed by atoms with van der Waals surface area (Å²) in [6.07, 6.45) is 1.32. The molecule has 0 radical (unpaired) electrons. The third-order valence-electron chi connectivity index (χ3n) is 2.67. The maximum Gasteiger partial charge on any atom is 0.150 e. The van der Waals surface area contributed by atoms with Gasteiger partial charge in [-0.05, 0) is 0 Å². The lowest BCUT2D eigenvalue weighted by Gasteiger charge is -2.07. The zero-order valence-electron chi connectivity index (χ0n) is 10.5. The molecule has 0 saturated heterocycles. The largest absolute Gasteiger partial charge is 0.384 e. The first kappa shape index (κ1) is 13.1. The molecule has 0 fully saturated rings. The van der Waals surface area contributed by atoms with E-state index in [1.807, 2.05) is 6.07 Å². The molecular formula is C11H14N6O2. The summed E-state index contributed by atoms with van der Waals surface area (Å²) in [4.78, 5) is 7.97. The van der Waals surface area contributed by atoms with Crippen molar-refractivity contribution in [2.24, 2.45) is 0 Å². The number of ether oxygens (including phenoxy) is 2. The van der Waals surface area contributed by atoms with Gasteiger partial charge in [0.1, 0.15) is 42.0 Å². The summed E-state index contributed by atoms with van der Waals surface area (Å²) < 4.78 is 11.9. The number of fused-ring (bicyclic) bond motifs is 1. The fraction of sp³-hybridized carbons (Fsp3) is 0.364. The van der Waals surface area contributed by atoms with Crippen molar-refractivity contribution in [1.82, 2.24) is 14.5 Å². The Morgan fingerprint density at radius 1 is 1.37 bits per heavy atom. The van der Waals surface area contributed by atoms with Crippen LogP contribution in [0.3, 0.4) is 0 Å². The molecule has 0 aliphatic rings. The average Bonchev–Trinajstić information content (AvgIpc) is 2.68. The van der Waals surface area contributed by atoms with Crippen LogP contribution in [-0.2, 0) is 16.2 Å². The summed E-state index contributed by atoms with van der Waals surface area (Å²) in [7, 11) is 1.59. The molecule has 0 bridgehead atoms. The summed E-state index contributed by atoms with van der Waals surface area (Å²) in [5, 5.41) is 9.60. The van der Waals surface area contributed by atoms with Crippen molar-refractivity contribution < 1.29 is 9.47 Å². The average molecular weight is 262 g/mol. The molecule has 4 N–H and O–H groups in total. The molecule has 100 valence electrons. The Balaban J connectivity index is 2.41. The minimum atomic E-state index is 0.170. The van der Waals surface area contributed by atoms with Crippen LogP contribution >= 0.6 is 0 Å². The number of nitrogens with zero attached hydrogens (tertiary/aromatic N) is 4. The zero-order valence-corrected chi connectivity index (χ0v) is 10.5. The topological polar surface area (TPSA) is 125 Å². The van der Waals surface area contributed by atoms with Crippen molar-refractivity contribution in [1.29, 1.82) is 5.26 Å². The molecule has 0 aliphatic heterocycles. The van der Waals surface area contributed by atoms with Crippen LogP contribution < -0.4 is 11.5 Å². The van der Waals surface area contributed by atoms with Gasteiger partial charge in [-0.2, -0.15) is 5.26 Å². The monoisotopic (exact) mass is 262 g/mol. The highest BCUT2D eigenvalue weighted by atomic mass is 16.5. The lowest BCUT2D eigenvalue weighted by atomic mass is 10.2. The molecule has 2 aromatic heterocycles. The number of hydrogen-bond donors (Lipinski definition) is 2. The van der Waals surface area contributed by atoms with E-state index in [1.54, 1.807) is 11.7 Å². The van der Waals surface area contributed by atoms with E-state index in [-0.39, 0.29) is 23.9 Å². The van der Waals surface area contributed by atoms with Crippen molar-refractivity contribution in [3.63, 3.8) is 0 Å². The van der Waals surface area contributed by atoms with Crippen LogP contribution in [0.25, 0.3) is 11.0 Å². The lowest BCUT2D eigenvalue weighted by Crippen LogP contribution is -2.10. The highest BCUT2D eigenvalue weighted by Crippen LogP contribution is 2.29. The Bertz CT molecular complexity index is 630. The van der Waals surface area contributed by atoms with Crippen LogP contribution in [0.15, 0.2) is 6.33 Å². The maximum atomic E-state index is 9.15. The molecule has 8 nitrogen and oxygen atoms in total. The van der Waals surface area contributed by atoms with Crippen LogP contribution in [0.1, 0.15) is 5.56 Å². The van der Waals surface area contributed by atoms with Crippen LogP contribution in [-0.4, -0.2) is 34.9 Å². The van der Waals surface area contributed by atoms with E-state index in [9.17, 15) is 0 Å². The van der Waals surface area contributed by atoms with Crippen LogP contribution in [0.2, 0.25) is 0 Å². The predicted octanol–water partition coefficient (Wildman–Crippen LogP) is 0.0879. The van der Waals surface area contributed by atoms with Crippen molar-refractivity contribution in [3.05, 3.63) is 11.9 Å². The van der Waals surface area contributed by atoms with E-state index in [1.165, 1.54) is 6.33 Å². The van der Waals surface area contributed by atoms with E-state index in [4.69, 9.17) is 26.2 Å². The standard InChI is InChI=1S/C11H14N6O2/c1-18-2-3-19-6-17-10(14)7(4-12)8-9(13)15-5-16-11(8)17/h5H,2-3,6,14H2,1H3,(H2,13,15,16). The number of aromatic nitrogens is 3. The number of rotatable bonds is 5. The number of anilines is 2. The van der Waals surface area contributed by atoms with Crippen molar-refractivity contribution >= 4 is 22.7 Å². The quantitative estimate of drug-likeness (QED) is 0.731. The van der Waals surface area contributed by atoms with E-state index in [2.05, 4.69) is 9.97 Å². The first-order valence-electron chi connectivity index (χ1n) is 5.55. The van der Waals surface area contributed by atoms with Crippen LogP contribution in [0.5, 0.6) is 0 Å². The summed E-state index contributed by atoms with van der Waals surface area (Å²) >= 11 is 0. The fourth-order valence-electron chi connectivity index (χ4n) is 1.75. The van der Waals surface area contributed by atoms with E-state index in [0.717, 1.165) is 0 Å². The van der Waals surface area contributed by atoms with Gasteiger partial charge in [-0.25, -0.2) is 9.97 Å². The highest BCUT2D eigenvalue weighted by molar-refractivity contribution is 5.96. The first-order valence-corrected chi connectivity index (χ1v) is 5.55. The highest BCUT2D eigenvalue weighted by Gasteiger charge is 2.18. The second kappa shape index (κ2) is 5.51. The smallest absolute Gasteiger partial charge is 0.150 e. The number of nitrogen functional groups attached to an aromatic ring is 2. The molecule has 0 aromatic carbocycles. The second-order valence-electron chi connectivity index (χ2n) is 3.79. The van der Waals surface area contributed by atoms with Crippen molar-refractivity contribution in [2.75, 3.05) is 31.8 Å². The predicted molar refractivity (Wildman–Crippen MR) is 68.9 cm³/mol. The van der Waals surface area contributed by atoms with Gasteiger partial charge in [0.25, 0.3) is 0 Å². The van der Waals surface area contributed by atoms with E-state index < -0.39 is 0 Å². The normalized spacial score (nSPS) is 10.7. The first-order chi connectivity index (χ1) is 9.20. The SMILES string of the molecule is COCCOCn1c(N)c(C#N)c2c(N)ncnc21. The van der Waals surface area contributed by atoms with Gasteiger partial charge in [-0.3, -0.25) is 4.57 Å². The minimum Gasteiger partial charge on any atom is -0.384 e. The molecule has 2 heterocycles. The molecular weight excluding hydrogens is 248 g/mol. The number of methoxy groups -OCH3 is 1. The Hall–Kier alpha value is -2.37. The van der Waals surface area contributed by atoms with E-state index >= 15 is 0 Å². The minimum absolute atomic E-state index is 0.170. The summed E-state index contributed by atoms with van der Waals surface area (Å²) in [5.41, 5.74) is 12.4. The fourth-order valence-corrected chi connectivity index (χ4v) is 1.75. The summed E-state index contributed by atoms with van der Waals surface area (Å²) in [6.45, 7) is 1.06. The molecule has 0 unspecified atom stereocenters. The third kappa shape index (κ3) is 2.29. The van der Waals surface area contributed by atoms with Gasteiger partial charge in [0.15, 0.2) is 0 Å². The molecule has 0 saturated carbocycles. The lowest BCUT2D eigenvalue weighted by molar-refractivity contribution is 0.0366. The van der Waals surface area contributed by atoms with Gasteiger partial charge in [0.05, 0.1) is 18.6 Å². The molecule has 19 heavy (non-hydrogen) atoms. The van der Waals surface area contributed by atoms with E-state index in [0.29, 0.717) is 24.2 Å². The van der Waals surface area contributed by atoms with Gasteiger partial charge >= 0.3 is 0 Å². The Labute approximate surface area is 109 Å². The zero-order chi connectivity index (χ0) is 13.8. The Morgan fingerprint density at radius 2 is 2.16 bits per heavy atom.